The molecule has 0 radical (unpaired) electrons. The standard InChI is InChI=1S/C16H18N2O3/c1-10-9-13-11(16(20)21-3)6-8-18(13)14(10)15(19)12-5-4-7-17(12)2/h4-5,7,9,11H,6,8H2,1-3H3. The molecule has 5 heteroatoms. The Hall–Kier alpha value is -2.30. The lowest BCUT2D eigenvalue weighted by atomic mass is 10.0. The van der Waals surface area contributed by atoms with E-state index in [1.807, 2.05) is 47.5 Å². The molecule has 2 aromatic heterocycles. The van der Waals surface area contributed by atoms with Gasteiger partial charge in [0.25, 0.3) is 0 Å². The van der Waals surface area contributed by atoms with E-state index in [9.17, 15) is 9.59 Å². The number of carbonyl (C=O) groups is 2. The average Bonchev–Trinajstić information content (AvgIpc) is 3.12. The SMILES string of the molecule is COC(=O)C1CCn2c1cc(C)c2C(=O)c1cccn1C. The van der Waals surface area contributed by atoms with Gasteiger partial charge in [-0.15, -0.1) is 0 Å². The van der Waals surface area contributed by atoms with Gasteiger partial charge in [-0.25, -0.2) is 0 Å². The molecule has 0 spiro atoms. The van der Waals surface area contributed by atoms with Crippen LogP contribution in [0.15, 0.2) is 24.4 Å². The number of ether oxygens (including phenoxy) is 1. The molecule has 1 aliphatic heterocycles. The summed E-state index contributed by atoms with van der Waals surface area (Å²) in [6.07, 6.45) is 2.54. The first kappa shape index (κ1) is 13.7. The highest BCUT2D eigenvalue weighted by atomic mass is 16.5. The van der Waals surface area contributed by atoms with Gasteiger partial charge in [0.1, 0.15) is 0 Å². The lowest BCUT2D eigenvalue weighted by molar-refractivity contribution is -0.142. The van der Waals surface area contributed by atoms with Crippen molar-refractivity contribution in [3.63, 3.8) is 0 Å². The van der Waals surface area contributed by atoms with E-state index < -0.39 is 0 Å². The Kier molecular flexibility index (Phi) is 3.20. The zero-order chi connectivity index (χ0) is 15.1. The van der Waals surface area contributed by atoms with Crippen molar-refractivity contribution < 1.29 is 14.3 Å². The molecule has 1 atom stereocenters. The highest BCUT2D eigenvalue weighted by Gasteiger charge is 2.34. The molecule has 3 heterocycles. The molecule has 3 rings (SSSR count). The van der Waals surface area contributed by atoms with Gasteiger partial charge in [-0.05, 0) is 37.1 Å². The normalized spacial score (nSPS) is 16.8. The molecule has 5 nitrogen and oxygen atoms in total. The van der Waals surface area contributed by atoms with Crippen LogP contribution in [0.5, 0.6) is 0 Å². The first-order valence-electron chi connectivity index (χ1n) is 6.98. The van der Waals surface area contributed by atoms with Gasteiger partial charge < -0.3 is 13.9 Å². The van der Waals surface area contributed by atoms with Gasteiger partial charge in [0, 0.05) is 25.5 Å². The number of aromatic nitrogens is 2. The van der Waals surface area contributed by atoms with E-state index >= 15 is 0 Å². The quantitative estimate of drug-likeness (QED) is 0.641. The van der Waals surface area contributed by atoms with Crippen molar-refractivity contribution in [2.75, 3.05) is 7.11 Å². The third kappa shape index (κ3) is 2.00. The second kappa shape index (κ2) is 4.91. The van der Waals surface area contributed by atoms with Crippen molar-refractivity contribution in [2.24, 2.45) is 7.05 Å². The molecular weight excluding hydrogens is 268 g/mol. The summed E-state index contributed by atoms with van der Waals surface area (Å²) in [5.74, 6) is -0.496. The predicted octanol–water partition coefficient (Wildman–Crippen LogP) is 2.03. The zero-order valence-electron chi connectivity index (χ0n) is 12.4. The first-order chi connectivity index (χ1) is 10.0. The maximum absolute atomic E-state index is 12.8. The summed E-state index contributed by atoms with van der Waals surface area (Å²) in [4.78, 5) is 24.6. The summed E-state index contributed by atoms with van der Waals surface area (Å²) in [6.45, 7) is 2.59. The third-order valence-electron chi connectivity index (χ3n) is 4.20. The Labute approximate surface area is 123 Å². The smallest absolute Gasteiger partial charge is 0.314 e. The Balaban J connectivity index is 2.05. The van der Waals surface area contributed by atoms with Crippen molar-refractivity contribution in [1.29, 1.82) is 0 Å². The Bertz CT molecular complexity index is 724. The molecule has 0 saturated carbocycles. The molecule has 0 aliphatic carbocycles. The summed E-state index contributed by atoms with van der Waals surface area (Å²) in [7, 11) is 3.25. The summed E-state index contributed by atoms with van der Waals surface area (Å²) in [6, 6.07) is 5.60. The molecular formula is C16H18N2O3. The second-order valence-electron chi connectivity index (χ2n) is 5.45. The van der Waals surface area contributed by atoms with E-state index in [2.05, 4.69) is 0 Å². The van der Waals surface area contributed by atoms with Gasteiger partial charge in [0.2, 0.25) is 5.78 Å². The molecule has 1 aliphatic rings. The molecule has 0 aromatic carbocycles. The second-order valence-corrected chi connectivity index (χ2v) is 5.45. The maximum atomic E-state index is 12.8. The van der Waals surface area contributed by atoms with Crippen LogP contribution in [-0.2, 0) is 23.1 Å². The molecule has 1 unspecified atom stereocenters. The van der Waals surface area contributed by atoms with E-state index in [0.717, 1.165) is 11.3 Å². The van der Waals surface area contributed by atoms with Crippen molar-refractivity contribution >= 4 is 11.8 Å². The maximum Gasteiger partial charge on any atom is 0.314 e. The summed E-state index contributed by atoms with van der Waals surface area (Å²) < 4.78 is 8.63. The van der Waals surface area contributed by atoms with Crippen molar-refractivity contribution in [2.45, 2.75) is 25.8 Å². The van der Waals surface area contributed by atoms with Crippen LogP contribution in [0.2, 0.25) is 0 Å². The number of hydrogen-bond donors (Lipinski definition) is 0. The van der Waals surface area contributed by atoms with Gasteiger partial charge in [-0.1, -0.05) is 0 Å². The molecule has 0 amide bonds. The summed E-state index contributed by atoms with van der Waals surface area (Å²) in [5.41, 5.74) is 3.13. The topological polar surface area (TPSA) is 53.2 Å². The number of methoxy groups -OCH3 is 1. The van der Waals surface area contributed by atoms with Gasteiger partial charge in [-0.2, -0.15) is 0 Å². The number of carbonyl (C=O) groups excluding carboxylic acids is 2. The van der Waals surface area contributed by atoms with E-state index in [1.165, 1.54) is 7.11 Å². The van der Waals surface area contributed by atoms with Crippen LogP contribution in [0.4, 0.5) is 0 Å². The Morgan fingerprint density at radius 2 is 2.14 bits per heavy atom. The number of nitrogens with zero attached hydrogens (tertiary/aromatic N) is 2. The Morgan fingerprint density at radius 3 is 2.76 bits per heavy atom. The van der Waals surface area contributed by atoms with E-state index in [1.54, 1.807) is 0 Å². The lowest BCUT2D eigenvalue weighted by Crippen LogP contribution is -2.13. The van der Waals surface area contributed by atoms with Gasteiger partial charge in [0.15, 0.2) is 0 Å². The largest absolute Gasteiger partial charge is 0.469 e. The lowest BCUT2D eigenvalue weighted by Gasteiger charge is -2.08. The van der Waals surface area contributed by atoms with Gasteiger partial charge >= 0.3 is 5.97 Å². The molecule has 0 bridgehead atoms. The van der Waals surface area contributed by atoms with Crippen LogP contribution < -0.4 is 0 Å². The van der Waals surface area contributed by atoms with Crippen molar-refractivity contribution in [3.05, 3.63) is 47.0 Å². The van der Waals surface area contributed by atoms with Crippen molar-refractivity contribution in [1.82, 2.24) is 9.13 Å². The number of hydrogen-bond acceptors (Lipinski definition) is 3. The Morgan fingerprint density at radius 1 is 1.38 bits per heavy atom. The molecule has 0 fully saturated rings. The summed E-state index contributed by atoms with van der Waals surface area (Å²) >= 11 is 0. The van der Waals surface area contributed by atoms with E-state index in [0.29, 0.717) is 24.4 Å². The number of aryl methyl sites for hydroxylation is 2. The van der Waals surface area contributed by atoms with Crippen LogP contribution in [-0.4, -0.2) is 28.0 Å². The van der Waals surface area contributed by atoms with Gasteiger partial charge in [0.05, 0.1) is 24.4 Å². The fraction of sp³-hybridized carbons (Fsp3) is 0.375. The average molecular weight is 286 g/mol. The van der Waals surface area contributed by atoms with Crippen LogP contribution in [0, 0.1) is 6.92 Å². The van der Waals surface area contributed by atoms with Crippen LogP contribution in [0.25, 0.3) is 0 Å². The van der Waals surface area contributed by atoms with Gasteiger partial charge in [-0.3, -0.25) is 9.59 Å². The number of esters is 1. The minimum absolute atomic E-state index is 0.00299. The number of ketones is 1. The fourth-order valence-electron chi connectivity index (χ4n) is 3.15. The third-order valence-corrected chi connectivity index (χ3v) is 4.20. The molecule has 110 valence electrons. The number of rotatable bonds is 3. The van der Waals surface area contributed by atoms with E-state index in [4.69, 9.17) is 4.74 Å². The van der Waals surface area contributed by atoms with E-state index in [-0.39, 0.29) is 17.7 Å². The number of fused-ring (bicyclic) bond motifs is 1. The first-order valence-corrected chi connectivity index (χ1v) is 6.98. The fourth-order valence-corrected chi connectivity index (χ4v) is 3.15. The minimum atomic E-state index is -0.260. The zero-order valence-corrected chi connectivity index (χ0v) is 12.4. The highest BCUT2D eigenvalue weighted by Crippen LogP contribution is 2.34. The minimum Gasteiger partial charge on any atom is -0.469 e. The molecule has 0 saturated heterocycles. The van der Waals surface area contributed by atoms with Crippen molar-refractivity contribution in [3.8, 4) is 0 Å². The summed E-state index contributed by atoms with van der Waals surface area (Å²) in [5, 5.41) is 0. The molecule has 2 aromatic rings. The predicted molar refractivity (Wildman–Crippen MR) is 77.4 cm³/mol. The monoisotopic (exact) mass is 286 g/mol. The molecule has 0 N–H and O–H groups in total. The van der Waals surface area contributed by atoms with Crippen LogP contribution in [0.1, 0.15) is 39.8 Å². The highest BCUT2D eigenvalue weighted by molar-refractivity contribution is 6.08. The molecule has 21 heavy (non-hydrogen) atoms. The van der Waals surface area contributed by atoms with Crippen LogP contribution >= 0.6 is 0 Å². The van der Waals surface area contributed by atoms with Crippen LogP contribution in [0.3, 0.4) is 0 Å².